The van der Waals surface area contributed by atoms with Crippen LogP contribution in [0.5, 0.6) is 0 Å². The van der Waals surface area contributed by atoms with Crippen molar-refractivity contribution in [1.82, 2.24) is 19.9 Å². The molecule has 2 aromatic heterocycles. The van der Waals surface area contributed by atoms with Crippen LogP contribution in [0.4, 0.5) is 17.3 Å². The third-order valence-electron chi connectivity index (χ3n) is 4.51. The van der Waals surface area contributed by atoms with E-state index in [4.69, 9.17) is 18.0 Å². The molecule has 1 fully saturated rings. The fourth-order valence-corrected chi connectivity index (χ4v) is 3.18. The second-order valence-electron chi connectivity index (χ2n) is 6.22. The van der Waals surface area contributed by atoms with Crippen molar-refractivity contribution in [2.45, 2.75) is 18.9 Å². The van der Waals surface area contributed by atoms with Crippen LogP contribution in [0.1, 0.15) is 18.5 Å². The lowest BCUT2D eigenvalue weighted by Gasteiger charge is -2.36. The predicted molar refractivity (Wildman–Crippen MR) is 101 cm³/mol. The molecule has 1 aliphatic rings. The summed E-state index contributed by atoms with van der Waals surface area (Å²) >= 11 is 6.39. The zero-order chi connectivity index (χ0) is 17.8. The molecule has 6 nitrogen and oxygen atoms in total. The molecule has 0 amide bonds. The van der Waals surface area contributed by atoms with Gasteiger partial charge in [0, 0.05) is 19.2 Å². The number of rotatable bonds is 4. The number of hydrogen-bond acceptors (Lipinski definition) is 6. The number of nitrogens with zero attached hydrogens (tertiary/aromatic N) is 5. The molecule has 0 unspecified atom stereocenters. The standard InChI is InChI=1S/C18H21ClN6/c1-4-13-10-21-18(12-20-13)23-17-9-16(15(19)11-22-17)25(3)14-5-7-24(2)8-6-14/h1,9-12,14H,5-8H2,2-3H3,(H,21,22,23). The van der Waals surface area contributed by atoms with Crippen LogP contribution >= 0.6 is 11.6 Å². The summed E-state index contributed by atoms with van der Waals surface area (Å²) in [5.74, 6) is 3.70. The van der Waals surface area contributed by atoms with Gasteiger partial charge in [-0.1, -0.05) is 11.6 Å². The Hall–Kier alpha value is -2.36. The Morgan fingerprint density at radius 3 is 2.56 bits per heavy atom. The van der Waals surface area contributed by atoms with Crippen LogP contribution in [0, 0.1) is 12.3 Å². The molecule has 0 atom stereocenters. The molecule has 3 heterocycles. The number of anilines is 3. The molecule has 0 aliphatic carbocycles. The summed E-state index contributed by atoms with van der Waals surface area (Å²) in [7, 11) is 4.24. The zero-order valence-electron chi connectivity index (χ0n) is 14.4. The molecule has 3 rings (SSSR count). The van der Waals surface area contributed by atoms with Crippen LogP contribution in [0.2, 0.25) is 5.02 Å². The van der Waals surface area contributed by atoms with Crippen molar-refractivity contribution < 1.29 is 0 Å². The molecule has 0 spiro atoms. The number of aromatic nitrogens is 3. The summed E-state index contributed by atoms with van der Waals surface area (Å²) in [5, 5.41) is 3.78. The van der Waals surface area contributed by atoms with E-state index in [-0.39, 0.29) is 0 Å². The van der Waals surface area contributed by atoms with E-state index in [2.05, 4.69) is 50.1 Å². The van der Waals surface area contributed by atoms with E-state index in [0.29, 0.717) is 28.4 Å². The first-order chi connectivity index (χ1) is 12.1. The summed E-state index contributed by atoms with van der Waals surface area (Å²) in [4.78, 5) is 17.3. The molecule has 7 heteroatoms. The van der Waals surface area contributed by atoms with Crippen molar-refractivity contribution in [1.29, 1.82) is 0 Å². The van der Waals surface area contributed by atoms with E-state index in [1.54, 1.807) is 18.6 Å². The highest BCUT2D eigenvalue weighted by Gasteiger charge is 2.22. The van der Waals surface area contributed by atoms with Gasteiger partial charge < -0.3 is 15.1 Å². The van der Waals surface area contributed by atoms with Crippen LogP contribution in [0.25, 0.3) is 0 Å². The highest BCUT2D eigenvalue weighted by atomic mass is 35.5. The molecule has 0 bridgehead atoms. The maximum Gasteiger partial charge on any atom is 0.150 e. The summed E-state index contributed by atoms with van der Waals surface area (Å²) in [6, 6.07) is 2.41. The maximum atomic E-state index is 6.39. The van der Waals surface area contributed by atoms with E-state index in [1.165, 1.54) is 0 Å². The molecular weight excluding hydrogens is 336 g/mol. The quantitative estimate of drug-likeness (QED) is 0.850. The van der Waals surface area contributed by atoms with Gasteiger partial charge in [-0.3, -0.25) is 0 Å². The minimum Gasteiger partial charge on any atom is -0.370 e. The predicted octanol–water partition coefficient (Wildman–Crippen LogP) is 2.78. The Morgan fingerprint density at radius 2 is 1.92 bits per heavy atom. The van der Waals surface area contributed by atoms with Gasteiger partial charge in [0.15, 0.2) is 0 Å². The van der Waals surface area contributed by atoms with Gasteiger partial charge in [0.2, 0.25) is 0 Å². The fourth-order valence-electron chi connectivity index (χ4n) is 2.94. The number of pyridine rings is 1. The lowest BCUT2D eigenvalue weighted by molar-refractivity contribution is 0.253. The van der Waals surface area contributed by atoms with Gasteiger partial charge in [0.25, 0.3) is 0 Å². The Labute approximate surface area is 153 Å². The normalized spacial score (nSPS) is 15.6. The van der Waals surface area contributed by atoms with E-state index in [9.17, 15) is 0 Å². The molecule has 0 saturated carbocycles. The van der Waals surface area contributed by atoms with Gasteiger partial charge in [0.1, 0.15) is 17.3 Å². The molecule has 2 aromatic rings. The van der Waals surface area contributed by atoms with Gasteiger partial charge in [-0.25, -0.2) is 15.0 Å². The third kappa shape index (κ3) is 4.19. The van der Waals surface area contributed by atoms with Crippen molar-refractivity contribution in [2.75, 3.05) is 37.4 Å². The van der Waals surface area contributed by atoms with Gasteiger partial charge in [-0.15, -0.1) is 6.42 Å². The second-order valence-corrected chi connectivity index (χ2v) is 6.63. The van der Waals surface area contributed by atoms with Crippen LogP contribution in [0.15, 0.2) is 24.7 Å². The number of hydrogen-bond donors (Lipinski definition) is 1. The summed E-state index contributed by atoms with van der Waals surface area (Å²) in [6.07, 6.45) is 12.3. The van der Waals surface area contributed by atoms with Crippen molar-refractivity contribution in [3.63, 3.8) is 0 Å². The topological polar surface area (TPSA) is 57.2 Å². The smallest absolute Gasteiger partial charge is 0.150 e. The molecule has 1 saturated heterocycles. The number of halogens is 1. The fraction of sp³-hybridized carbons (Fsp3) is 0.389. The highest BCUT2D eigenvalue weighted by molar-refractivity contribution is 6.33. The maximum absolute atomic E-state index is 6.39. The van der Waals surface area contributed by atoms with Crippen LogP contribution < -0.4 is 10.2 Å². The summed E-state index contributed by atoms with van der Waals surface area (Å²) in [5.41, 5.74) is 1.46. The molecule has 1 N–H and O–H groups in total. The van der Waals surface area contributed by atoms with Crippen LogP contribution in [-0.4, -0.2) is 53.1 Å². The number of nitrogens with one attached hydrogen (secondary N) is 1. The van der Waals surface area contributed by atoms with Crippen LogP contribution in [0.3, 0.4) is 0 Å². The van der Waals surface area contributed by atoms with Crippen molar-refractivity contribution in [3.8, 4) is 12.3 Å². The van der Waals surface area contributed by atoms with E-state index >= 15 is 0 Å². The SMILES string of the molecule is C#Cc1cnc(Nc2cc(N(C)C3CCN(C)CC3)c(Cl)cn2)cn1. The molecule has 0 radical (unpaired) electrons. The Balaban J connectivity index is 1.76. The average Bonchev–Trinajstić information content (AvgIpc) is 2.64. The third-order valence-corrected chi connectivity index (χ3v) is 4.80. The molecule has 0 aromatic carbocycles. The van der Waals surface area contributed by atoms with Crippen molar-refractivity contribution in [3.05, 3.63) is 35.4 Å². The lowest BCUT2D eigenvalue weighted by Crippen LogP contribution is -2.42. The minimum absolute atomic E-state index is 0.471. The van der Waals surface area contributed by atoms with Crippen molar-refractivity contribution in [2.24, 2.45) is 0 Å². The highest BCUT2D eigenvalue weighted by Crippen LogP contribution is 2.31. The monoisotopic (exact) mass is 356 g/mol. The van der Waals surface area contributed by atoms with Crippen molar-refractivity contribution >= 4 is 28.9 Å². The van der Waals surface area contributed by atoms with Gasteiger partial charge in [0.05, 0.1) is 29.3 Å². The Bertz CT molecular complexity index is 762. The van der Waals surface area contributed by atoms with Gasteiger partial charge >= 0.3 is 0 Å². The van der Waals surface area contributed by atoms with Crippen LogP contribution in [-0.2, 0) is 0 Å². The Morgan fingerprint density at radius 1 is 1.20 bits per heavy atom. The largest absolute Gasteiger partial charge is 0.370 e. The number of terminal acetylenes is 1. The molecule has 25 heavy (non-hydrogen) atoms. The number of piperidine rings is 1. The van der Waals surface area contributed by atoms with Gasteiger partial charge in [-0.2, -0.15) is 0 Å². The minimum atomic E-state index is 0.471. The summed E-state index contributed by atoms with van der Waals surface area (Å²) < 4.78 is 0. The summed E-state index contributed by atoms with van der Waals surface area (Å²) in [6.45, 7) is 2.19. The van der Waals surface area contributed by atoms with E-state index < -0.39 is 0 Å². The molecule has 130 valence electrons. The van der Waals surface area contributed by atoms with E-state index in [1.807, 2.05) is 6.07 Å². The first-order valence-electron chi connectivity index (χ1n) is 8.19. The lowest BCUT2D eigenvalue weighted by atomic mass is 10.0. The Kier molecular flexibility index (Phi) is 5.37. The molecule has 1 aliphatic heterocycles. The molecular formula is C18H21ClN6. The van der Waals surface area contributed by atoms with Gasteiger partial charge in [-0.05, 0) is 38.9 Å². The second kappa shape index (κ2) is 7.68. The first-order valence-corrected chi connectivity index (χ1v) is 8.57. The van der Waals surface area contributed by atoms with E-state index in [0.717, 1.165) is 31.6 Å². The zero-order valence-corrected chi connectivity index (χ0v) is 15.2. The first kappa shape index (κ1) is 17.5. The average molecular weight is 357 g/mol. The number of likely N-dealkylation sites (tertiary alicyclic amines) is 1.